The first-order chi connectivity index (χ1) is 7.74. The first kappa shape index (κ1) is 12.8. The van der Waals surface area contributed by atoms with Crippen LogP contribution < -0.4 is 5.32 Å². The summed E-state index contributed by atoms with van der Waals surface area (Å²) in [6.07, 6.45) is 3.72. The molecule has 2 heterocycles. The molecule has 0 spiro atoms. The van der Waals surface area contributed by atoms with Gasteiger partial charge in [-0.1, -0.05) is 13.8 Å². The first-order valence-electron chi connectivity index (χ1n) is 6.42. The zero-order valence-corrected chi connectivity index (χ0v) is 11.3. The molecule has 1 fully saturated rings. The van der Waals surface area contributed by atoms with Gasteiger partial charge in [-0.15, -0.1) is 12.4 Å². The quantitative estimate of drug-likeness (QED) is 0.902. The van der Waals surface area contributed by atoms with E-state index in [1.807, 2.05) is 0 Å². The summed E-state index contributed by atoms with van der Waals surface area (Å²) < 4.78 is 2.12. The van der Waals surface area contributed by atoms with Crippen LogP contribution in [0.15, 0.2) is 0 Å². The van der Waals surface area contributed by atoms with E-state index in [0.29, 0.717) is 17.9 Å². The molecule has 1 aliphatic carbocycles. The molecule has 0 saturated heterocycles. The van der Waals surface area contributed by atoms with Crippen molar-refractivity contribution < 1.29 is 0 Å². The molecule has 1 aromatic heterocycles. The van der Waals surface area contributed by atoms with Crippen LogP contribution in [0.2, 0.25) is 0 Å². The Morgan fingerprint density at radius 1 is 1.41 bits per heavy atom. The van der Waals surface area contributed by atoms with Crippen molar-refractivity contribution in [2.24, 2.45) is 5.92 Å². The molecule has 96 valence electrons. The Morgan fingerprint density at radius 2 is 2.18 bits per heavy atom. The minimum absolute atomic E-state index is 0. The fourth-order valence-electron chi connectivity index (χ4n) is 2.41. The normalized spacial score (nSPS) is 23.4. The number of hydrogen-bond donors (Lipinski definition) is 1. The molecule has 4 nitrogen and oxygen atoms in total. The fraction of sp³-hybridized carbons (Fsp3) is 0.833. The van der Waals surface area contributed by atoms with Gasteiger partial charge in [0, 0.05) is 12.5 Å². The van der Waals surface area contributed by atoms with Crippen LogP contribution in [-0.4, -0.2) is 21.3 Å². The van der Waals surface area contributed by atoms with Crippen molar-refractivity contribution in [2.45, 2.75) is 51.6 Å². The summed E-state index contributed by atoms with van der Waals surface area (Å²) in [5.74, 6) is 3.62. The smallest absolute Gasteiger partial charge is 0.154 e. The second-order valence-corrected chi connectivity index (χ2v) is 5.46. The second kappa shape index (κ2) is 4.94. The van der Waals surface area contributed by atoms with Crippen LogP contribution in [0.4, 0.5) is 0 Å². The largest absolute Gasteiger partial charge is 0.305 e. The minimum atomic E-state index is 0. The van der Waals surface area contributed by atoms with Crippen molar-refractivity contribution >= 4 is 12.4 Å². The third-order valence-electron chi connectivity index (χ3n) is 3.39. The number of nitrogens with one attached hydrogen (secondary N) is 1. The Kier molecular flexibility index (Phi) is 3.73. The Labute approximate surface area is 109 Å². The van der Waals surface area contributed by atoms with Crippen LogP contribution in [0.25, 0.3) is 0 Å². The molecule has 0 bridgehead atoms. The van der Waals surface area contributed by atoms with Gasteiger partial charge in [-0.25, -0.2) is 9.67 Å². The lowest BCUT2D eigenvalue weighted by Gasteiger charge is -2.24. The van der Waals surface area contributed by atoms with Gasteiger partial charge in [-0.05, 0) is 25.2 Å². The molecule has 1 aliphatic heterocycles. The van der Waals surface area contributed by atoms with Gasteiger partial charge in [-0.2, -0.15) is 5.10 Å². The van der Waals surface area contributed by atoms with Crippen molar-refractivity contribution in [2.75, 3.05) is 6.54 Å². The van der Waals surface area contributed by atoms with Gasteiger partial charge in [0.05, 0.1) is 12.6 Å². The highest BCUT2D eigenvalue weighted by molar-refractivity contribution is 5.85. The number of rotatable bonds is 3. The van der Waals surface area contributed by atoms with E-state index in [-0.39, 0.29) is 12.4 Å². The molecule has 0 unspecified atom stereocenters. The first-order valence-corrected chi connectivity index (χ1v) is 6.42. The molecule has 0 amide bonds. The van der Waals surface area contributed by atoms with Crippen molar-refractivity contribution in [3.05, 3.63) is 11.6 Å². The van der Waals surface area contributed by atoms with Gasteiger partial charge in [0.15, 0.2) is 5.82 Å². The van der Waals surface area contributed by atoms with Crippen molar-refractivity contribution in [1.82, 2.24) is 20.1 Å². The summed E-state index contributed by atoms with van der Waals surface area (Å²) in [6, 6.07) is 0.411. The number of fused-ring (bicyclic) bond motifs is 1. The molecule has 1 atom stereocenters. The van der Waals surface area contributed by atoms with E-state index >= 15 is 0 Å². The zero-order valence-electron chi connectivity index (χ0n) is 10.5. The molecule has 2 aliphatic rings. The fourth-order valence-corrected chi connectivity index (χ4v) is 2.41. The highest BCUT2D eigenvalue weighted by Crippen LogP contribution is 2.39. The summed E-state index contributed by atoms with van der Waals surface area (Å²) in [6.45, 7) is 6.53. The van der Waals surface area contributed by atoms with E-state index in [1.54, 1.807) is 0 Å². The summed E-state index contributed by atoms with van der Waals surface area (Å²) in [5, 5.41) is 8.19. The predicted molar refractivity (Wildman–Crippen MR) is 69.4 cm³/mol. The van der Waals surface area contributed by atoms with E-state index < -0.39 is 0 Å². The van der Waals surface area contributed by atoms with E-state index in [1.165, 1.54) is 18.7 Å². The van der Waals surface area contributed by atoms with Crippen LogP contribution in [-0.2, 0) is 6.54 Å². The molecule has 1 N–H and O–H groups in total. The number of aromatic nitrogens is 3. The SMILES string of the molecule is CC(C)C[C@@H]1NCCn2nc(C3CC3)nc21.Cl. The Bertz CT molecular complexity index is 384. The van der Waals surface area contributed by atoms with Gasteiger partial charge < -0.3 is 5.32 Å². The number of hydrogen-bond acceptors (Lipinski definition) is 3. The Morgan fingerprint density at radius 3 is 2.82 bits per heavy atom. The van der Waals surface area contributed by atoms with E-state index in [0.717, 1.165) is 25.3 Å². The van der Waals surface area contributed by atoms with Crippen molar-refractivity contribution in [1.29, 1.82) is 0 Å². The maximum absolute atomic E-state index is 4.74. The van der Waals surface area contributed by atoms with Gasteiger partial charge in [0.2, 0.25) is 0 Å². The average molecular weight is 257 g/mol. The molecule has 3 rings (SSSR count). The van der Waals surface area contributed by atoms with Crippen LogP contribution in [0.1, 0.15) is 56.7 Å². The Hall–Kier alpha value is -0.610. The highest BCUT2D eigenvalue weighted by atomic mass is 35.5. The van der Waals surface area contributed by atoms with Crippen LogP contribution in [0.3, 0.4) is 0 Å². The van der Waals surface area contributed by atoms with Crippen LogP contribution in [0.5, 0.6) is 0 Å². The van der Waals surface area contributed by atoms with Crippen molar-refractivity contribution in [3.8, 4) is 0 Å². The maximum atomic E-state index is 4.74. The molecule has 5 heteroatoms. The molecule has 1 saturated carbocycles. The lowest BCUT2D eigenvalue weighted by molar-refractivity contribution is 0.345. The number of halogens is 1. The van der Waals surface area contributed by atoms with Crippen LogP contribution in [0, 0.1) is 5.92 Å². The summed E-state index contributed by atoms with van der Waals surface area (Å²) in [7, 11) is 0. The lowest BCUT2D eigenvalue weighted by Crippen LogP contribution is -2.34. The highest BCUT2D eigenvalue weighted by Gasteiger charge is 2.31. The van der Waals surface area contributed by atoms with Gasteiger partial charge in [0.25, 0.3) is 0 Å². The monoisotopic (exact) mass is 256 g/mol. The third-order valence-corrected chi connectivity index (χ3v) is 3.39. The summed E-state index contributed by atoms with van der Waals surface area (Å²) in [4.78, 5) is 4.74. The average Bonchev–Trinajstić information content (AvgIpc) is 2.98. The molecule has 17 heavy (non-hydrogen) atoms. The summed E-state index contributed by atoms with van der Waals surface area (Å²) >= 11 is 0. The minimum Gasteiger partial charge on any atom is -0.305 e. The predicted octanol–water partition coefficient (Wildman–Crippen LogP) is 2.27. The second-order valence-electron chi connectivity index (χ2n) is 5.46. The molecule has 0 aromatic carbocycles. The molecule has 0 radical (unpaired) electrons. The standard InChI is InChI=1S/C12H20N4.ClH/c1-8(2)7-10-12-14-11(9-3-4-9)15-16(12)6-5-13-10;/h8-10,13H,3-7H2,1-2H3;1H/t10-;/m0./s1. The van der Waals surface area contributed by atoms with Crippen LogP contribution >= 0.6 is 12.4 Å². The molecular weight excluding hydrogens is 236 g/mol. The third kappa shape index (κ3) is 2.63. The van der Waals surface area contributed by atoms with E-state index in [2.05, 4.69) is 28.9 Å². The Balaban J connectivity index is 0.00000108. The molecular formula is C12H21ClN4. The van der Waals surface area contributed by atoms with E-state index in [9.17, 15) is 0 Å². The van der Waals surface area contributed by atoms with Gasteiger partial charge in [-0.3, -0.25) is 0 Å². The van der Waals surface area contributed by atoms with E-state index in [4.69, 9.17) is 4.98 Å². The topological polar surface area (TPSA) is 42.7 Å². The molecule has 1 aromatic rings. The lowest BCUT2D eigenvalue weighted by atomic mass is 10.0. The zero-order chi connectivity index (χ0) is 11.1. The number of nitrogens with zero attached hydrogens (tertiary/aromatic N) is 3. The van der Waals surface area contributed by atoms with Gasteiger partial charge in [0.1, 0.15) is 5.82 Å². The van der Waals surface area contributed by atoms with Gasteiger partial charge >= 0.3 is 0 Å². The maximum Gasteiger partial charge on any atom is 0.154 e. The van der Waals surface area contributed by atoms with Crippen molar-refractivity contribution in [3.63, 3.8) is 0 Å². The summed E-state index contributed by atoms with van der Waals surface area (Å²) in [5.41, 5.74) is 0.